The van der Waals surface area contributed by atoms with Crippen LogP contribution in [-0.4, -0.2) is 36.3 Å². The zero-order valence-electron chi connectivity index (χ0n) is 12.1. The molecule has 22 heavy (non-hydrogen) atoms. The lowest BCUT2D eigenvalue weighted by Gasteiger charge is -2.29. The number of fused-ring (bicyclic) bond motifs is 1. The summed E-state index contributed by atoms with van der Waals surface area (Å²) >= 11 is 0. The molecule has 1 fully saturated rings. The van der Waals surface area contributed by atoms with Crippen molar-refractivity contribution in [3.05, 3.63) is 48.3 Å². The first-order valence-electron chi connectivity index (χ1n) is 7.38. The standard InChI is InChI=1S/C17H16FN3O/c18-13-4-5-15-16(11-13)20-17(19-15)12-2-1-3-14(10-12)21-6-8-22-9-7-21/h1-5,10-11H,6-9H2,(H,19,20). The number of H-pyrrole nitrogens is 1. The van der Waals surface area contributed by atoms with Crippen molar-refractivity contribution in [2.45, 2.75) is 0 Å². The number of benzene rings is 2. The Balaban J connectivity index is 1.71. The van der Waals surface area contributed by atoms with E-state index in [-0.39, 0.29) is 5.82 Å². The molecule has 0 aliphatic carbocycles. The van der Waals surface area contributed by atoms with Crippen molar-refractivity contribution in [2.24, 2.45) is 0 Å². The van der Waals surface area contributed by atoms with Crippen molar-refractivity contribution < 1.29 is 9.13 Å². The van der Waals surface area contributed by atoms with Gasteiger partial charge in [0.1, 0.15) is 11.6 Å². The maximum atomic E-state index is 13.3. The van der Waals surface area contributed by atoms with E-state index in [1.165, 1.54) is 12.1 Å². The molecule has 5 heteroatoms. The van der Waals surface area contributed by atoms with E-state index < -0.39 is 0 Å². The Bertz CT molecular complexity index is 809. The molecule has 0 bridgehead atoms. The second-order valence-electron chi connectivity index (χ2n) is 5.40. The highest BCUT2D eigenvalue weighted by atomic mass is 19.1. The Morgan fingerprint density at radius 1 is 1.09 bits per heavy atom. The summed E-state index contributed by atoms with van der Waals surface area (Å²) in [5, 5.41) is 0. The molecule has 4 rings (SSSR count). The average Bonchev–Trinajstić information content (AvgIpc) is 2.99. The lowest BCUT2D eigenvalue weighted by Crippen LogP contribution is -2.36. The lowest BCUT2D eigenvalue weighted by molar-refractivity contribution is 0.122. The van der Waals surface area contributed by atoms with E-state index in [1.807, 2.05) is 12.1 Å². The van der Waals surface area contributed by atoms with E-state index in [0.29, 0.717) is 5.52 Å². The summed E-state index contributed by atoms with van der Waals surface area (Å²) in [5.74, 6) is 0.500. The normalized spacial score (nSPS) is 15.4. The van der Waals surface area contributed by atoms with Gasteiger partial charge in [0.05, 0.1) is 24.2 Å². The highest BCUT2D eigenvalue weighted by Crippen LogP contribution is 2.25. The molecule has 0 unspecified atom stereocenters. The van der Waals surface area contributed by atoms with Crippen molar-refractivity contribution in [3.8, 4) is 11.4 Å². The molecule has 1 aliphatic rings. The maximum Gasteiger partial charge on any atom is 0.138 e. The van der Waals surface area contributed by atoms with Gasteiger partial charge in [0.2, 0.25) is 0 Å². The van der Waals surface area contributed by atoms with Crippen LogP contribution in [0.2, 0.25) is 0 Å². The topological polar surface area (TPSA) is 41.2 Å². The van der Waals surface area contributed by atoms with Gasteiger partial charge >= 0.3 is 0 Å². The van der Waals surface area contributed by atoms with Gasteiger partial charge in [-0.1, -0.05) is 12.1 Å². The van der Waals surface area contributed by atoms with Crippen molar-refractivity contribution in [3.63, 3.8) is 0 Å². The van der Waals surface area contributed by atoms with Crippen LogP contribution in [0.3, 0.4) is 0 Å². The number of hydrogen-bond acceptors (Lipinski definition) is 3. The Labute approximate surface area is 127 Å². The molecule has 1 aromatic heterocycles. The van der Waals surface area contributed by atoms with Gasteiger partial charge in [-0.05, 0) is 30.3 Å². The minimum atomic E-state index is -0.259. The van der Waals surface area contributed by atoms with Crippen LogP contribution in [-0.2, 0) is 4.74 Å². The van der Waals surface area contributed by atoms with E-state index >= 15 is 0 Å². The van der Waals surface area contributed by atoms with E-state index in [4.69, 9.17) is 4.74 Å². The van der Waals surface area contributed by atoms with Crippen LogP contribution in [0.25, 0.3) is 22.4 Å². The molecule has 0 saturated carbocycles. The number of aromatic nitrogens is 2. The van der Waals surface area contributed by atoms with Crippen LogP contribution in [0.5, 0.6) is 0 Å². The van der Waals surface area contributed by atoms with Crippen molar-refractivity contribution >= 4 is 16.7 Å². The Kier molecular flexibility index (Phi) is 3.27. The zero-order valence-corrected chi connectivity index (χ0v) is 12.1. The molecular formula is C17H16FN3O. The third-order valence-corrected chi connectivity index (χ3v) is 3.94. The summed E-state index contributed by atoms with van der Waals surface area (Å²) in [6.07, 6.45) is 0. The summed E-state index contributed by atoms with van der Waals surface area (Å²) in [6.45, 7) is 3.31. The summed E-state index contributed by atoms with van der Waals surface area (Å²) in [4.78, 5) is 10.0. The smallest absolute Gasteiger partial charge is 0.138 e. The van der Waals surface area contributed by atoms with Gasteiger partial charge in [0.25, 0.3) is 0 Å². The molecule has 2 heterocycles. The molecule has 1 saturated heterocycles. The number of nitrogens with zero attached hydrogens (tertiary/aromatic N) is 2. The highest BCUT2D eigenvalue weighted by molar-refractivity contribution is 5.80. The Hall–Kier alpha value is -2.40. The molecule has 1 N–H and O–H groups in total. The van der Waals surface area contributed by atoms with Crippen molar-refractivity contribution in [1.29, 1.82) is 0 Å². The molecule has 0 atom stereocenters. The Morgan fingerprint density at radius 2 is 1.95 bits per heavy atom. The predicted molar refractivity (Wildman–Crippen MR) is 84.5 cm³/mol. The van der Waals surface area contributed by atoms with Crippen LogP contribution >= 0.6 is 0 Å². The first kappa shape index (κ1) is 13.3. The predicted octanol–water partition coefficient (Wildman–Crippen LogP) is 3.21. The second-order valence-corrected chi connectivity index (χ2v) is 5.40. The fraction of sp³-hybridized carbons (Fsp3) is 0.235. The fourth-order valence-electron chi connectivity index (χ4n) is 2.79. The molecule has 3 aromatic rings. The molecule has 0 spiro atoms. The first-order valence-corrected chi connectivity index (χ1v) is 7.38. The second kappa shape index (κ2) is 5.42. The molecule has 1 aliphatic heterocycles. The summed E-state index contributed by atoms with van der Waals surface area (Å²) in [5.41, 5.74) is 3.65. The van der Waals surface area contributed by atoms with E-state index in [1.54, 1.807) is 6.07 Å². The van der Waals surface area contributed by atoms with Gasteiger partial charge < -0.3 is 14.6 Å². The van der Waals surface area contributed by atoms with Crippen LogP contribution < -0.4 is 4.90 Å². The third-order valence-electron chi connectivity index (χ3n) is 3.94. The number of morpholine rings is 1. The molecule has 0 radical (unpaired) electrons. The van der Waals surface area contributed by atoms with Crippen molar-refractivity contribution in [1.82, 2.24) is 9.97 Å². The van der Waals surface area contributed by atoms with Gasteiger partial charge in [0.15, 0.2) is 0 Å². The molecule has 112 valence electrons. The summed E-state index contributed by atoms with van der Waals surface area (Å²) in [7, 11) is 0. The number of ether oxygens (including phenoxy) is 1. The third kappa shape index (κ3) is 2.44. The van der Waals surface area contributed by atoms with Gasteiger partial charge in [-0.25, -0.2) is 9.37 Å². The van der Waals surface area contributed by atoms with Gasteiger partial charge in [-0.2, -0.15) is 0 Å². The highest BCUT2D eigenvalue weighted by Gasteiger charge is 2.13. The van der Waals surface area contributed by atoms with Gasteiger partial charge in [-0.3, -0.25) is 0 Å². The lowest BCUT2D eigenvalue weighted by atomic mass is 10.1. The summed E-state index contributed by atoms with van der Waals surface area (Å²) in [6, 6.07) is 12.8. The zero-order chi connectivity index (χ0) is 14.9. The minimum absolute atomic E-state index is 0.259. The van der Waals surface area contributed by atoms with Crippen molar-refractivity contribution in [2.75, 3.05) is 31.2 Å². The maximum absolute atomic E-state index is 13.3. The van der Waals surface area contributed by atoms with Crippen LogP contribution in [0.1, 0.15) is 0 Å². The largest absolute Gasteiger partial charge is 0.378 e. The number of anilines is 1. The van der Waals surface area contributed by atoms with Gasteiger partial charge in [-0.15, -0.1) is 0 Å². The van der Waals surface area contributed by atoms with E-state index in [9.17, 15) is 4.39 Å². The molecule has 2 aromatic carbocycles. The number of aromatic amines is 1. The first-order chi connectivity index (χ1) is 10.8. The molecular weight excluding hydrogens is 281 g/mol. The number of halogens is 1. The van der Waals surface area contributed by atoms with Crippen LogP contribution in [0, 0.1) is 5.82 Å². The van der Waals surface area contributed by atoms with Crippen LogP contribution in [0.15, 0.2) is 42.5 Å². The van der Waals surface area contributed by atoms with Crippen LogP contribution in [0.4, 0.5) is 10.1 Å². The number of rotatable bonds is 2. The average molecular weight is 297 g/mol. The SMILES string of the molecule is Fc1ccc2nc(-c3cccc(N4CCOCC4)c3)[nH]c2c1. The molecule has 0 amide bonds. The minimum Gasteiger partial charge on any atom is -0.378 e. The number of imidazole rings is 1. The monoisotopic (exact) mass is 297 g/mol. The number of nitrogens with one attached hydrogen (secondary N) is 1. The number of hydrogen-bond donors (Lipinski definition) is 1. The van der Waals surface area contributed by atoms with E-state index in [0.717, 1.165) is 48.9 Å². The van der Waals surface area contributed by atoms with E-state index in [2.05, 4.69) is 27.0 Å². The summed E-state index contributed by atoms with van der Waals surface area (Å²) < 4.78 is 18.7. The Morgan fingerprint density at radius 3 is 2.82 bits per heavy atom. The molecule has 4 nitrogen and oxygen atoms in total. The quantitative estimate of drug-likeness (QED) is 0.789. The fourth-order valence-corrected chi connectivity index (χ4v) is 2.79. The van der Waals surface area contributed by atoms with Gasteiger partial charge in [0, 0.05) is 24.3 Å².